The predicted molar refractivity (Wildman–Crippen MR) is 76.8 cm³/mol. The van der Waals surface area contributed by atoms with E-state index in [1.165, 1.54) is 6.20 Å². The number of carbonyl (C=O) groups is 1. The second kappa shape index (κ2) is 5.77. The Morgan fingerprint density at radius 2 is 2.06 bits per heavy atom. The van der Waals surface area contributed by atoms with Gasteiger partial charge in [-0.3, -0.25) is 4.79 Å². The SMILES string of the molecule is O=C(Nc1cnc(Cl)c(Br)c1)c1ncccc1Br. The maximum atomic E-state index is 12.0. The molecule has 7 heteroatoms. The van der Waals surface area contributed by atoms with Crippen LogP contribution in [0.15, 0.2) is 39.5 Å². The van der Waals surface area contributed by atoms with Crippen LogP contribution in [0.5, 0.6) is 0 Å². The summed E-state index contributed by atoms with van der Waals surface area (Å²) in [5.41, 5.74) is 0.845. The van der Waals surface area contributed by atoms with Crippen molar-refractivity contribution in [3.63, 3.8) is 0 Å². The van der Waals surface area contributed by atoms with Crippen molar-refractivity contribution in [1.29, 1.82) is 0 Å². The van der Waals surface area contributed by atoms with Crippen molar-refractivity contribution in [1.82, 2.24) is 9.97 Å². The van der Waals surface area contributed by atoms with Crippen LogP contribution in [-0.2, 0) is 0 Å². The molecule has 0 aliphatic rings. The molecule has 1 amide bonds. The molecule has 0 saturated heterocycles. The van der Waals surface area contributed by atoms with E-state index >= 15 is 0 Å². The molecule has 0 aromatic carbocycles. The van der Waals surface area contributed by atoms with E-state index in [0.29, 0.717) is 25.5 Å². The summed E-state index contributed by atoms with van der Waals surface area (Å²) in [5.74, 6) is -0.321. The van der Waals surface area contributed by atoms with Crippen molar-refractivity contribution >= 4 is 55.1 Å². The third-order valence-corrected chi connectivity index (χ3v) is 3.80. The Hall–Kier alpha value is -0.980. The van der Waals surface area contributed by atoms with Crippen LogP contribution < -0.4 is 5.32 Å². The maximum Gasteiger partial charge on any atom is 0.275 e. The zero-order valence-corrected chi connectivity index (χ0v) is 12.8. The molecule has 0 bridgehead atoms. The second-order valence-corrected chi connectivity index (χ2v) is 5.35. The number of anilines is 1. The molecule has 0 atom stereocenters. The van der Waals surface area contributed by atoms with Gasteiger partial charge >= 0.3 is 0 Å². The molecular formula is C11H6Br2ClN3O. The Bertz CT molecular complexity index is 607. The van der Waals surface area contributed by atoms with E-state index in [1.54, 1.807) is 24.4 Å². The van der Waals surface area contributed by atoms with E-state index in [1.807, 2.05) is 0 Å². The van der Waals surface area contributed by atoms with Crippen LogP contribution in [0.4, 0.5) is 5.69 Å². The van der Waals surface area contributed by atoms with E-state index in [0.717, 1.165) is 0 Å². The molecule has 0 aliphatic carbocycles. The third kappa shape index (κ3) is 3.07. The molecule has 92 valence electrons. The Labute approximate surface area is 125 Å². The number of hydrogen-bond acceptors (Lipinski definition) is 3. The van der Waals surface area contributed by atoms with Gasteiger partial charge in [-0.15, -0.1) is 0 Å². The molecule has 2 heterocycles. The van der Waals surface area contributed by atoms with Crippen molar-refractivity contribution in [2.45, 2.75) is 0 Å². The lowest BCUT2D eigenvalue weighted by atomic mass is 10.3. The summed E-state index contributed by atoms with van der Waals surface area (Å²) >= 11 is 12.3. The number of pyridine rings is 2. The van der Waals surface area contributed by atoms with Crippen molar-refractivity contribution < 1.29 is 4.79 Å². The molecule has 2 aromatic heterocycles. The van der Waals surface area contributed by atoms with Crippen LogP contribution >= 0.6 is 43.5 Å². The number of hydrogen-bond donors (Lipinski definition) is 1. The summed E-state index contributed by atoms with van der Waals surface area (Å²) in [6.07, 6.45) is 3.03. The van der Waals surface area contributed by atoms with Crippen LogP contribution in [0.2, 0.25) is 5.15 Å². The first-order valence-electron chi connectivity index (χ1n) is 4.81. The van der Waals surface area contributed by atoms with Gasteiger partial charge in [-0.05, 0) is 50.1 Å². The molecule has 0 radical (unpaired) electrons. The fourth-order valence-electron chi connectivity index (χ4n) is 1.23. The smallest absolute Gasteiger partial charge is 0.275 e. The molecule has 4 nitrogen and oxygen atoms in total. The molecule has 0 spiro atoms. The van der Waals surface area contributed by atoms with Gasteiger partial charge in [-0.25, -0.2) is 9.97 Å². The number of nitrogens with zero attached hydrogens (tertiary/aromatic N) is 2. The Balaban J connectivity index is 2.22. The molecule has 18 heavy (non-hydrogen) atoms. The Morgan fingerprint density at radius 3 is 2.72 bits per heavy atom. The van der Waals surface area contributed by atoms with Crippen molar-refractivity contribution in [3.05, 3.63) is 50.4 Å². The molecular weight excluding hydrogens is 385 g/mol. The number of carbonyl (C=O) groups excluding carboxylic acids is 1. The summed E-state index contributed by atoms with van der Waals surface area (Å²) in [5, 5.41) is 3.02. The monoisotopic (exact) mass is 389 g/mol. The van der Waals surface area contributed by atoms with Gasteiger partial charge in [0.15, 0.2) is 0 Å². The number of halogens is 3. The largest absolute Gasteiger partial charge is 0.319 e. The van der Waals surface area contributed by atoms with Gasteiger partial charge in [-0.2, -0.15) is 0 Å². The third-order valence-electron chi connectivity index (χ3n) is 2.03. The van der Waals surface area contributed by atoms with E-state index in [2.05, 4.69) is 47.1 Å². The van der Waals surface area contributed by atoms with Crippen molar-refractivity contribution in [2.24, 2.45) is 0 Å². The van der Waals surface area contributed by atoms with Gasteiger partial charge < -0.3 is 5.32 Å². The highest BCUT2D eigenvalue weighted by Gasteiger charge is 2.12. The van der Waals surface area contributed by atoms with Gasteiger partial charge in [0.25, 0.3) is 5.91 Å². The molecule has 0 saturated carbocycles. The lowest BCUT2D eigenvalue weighted by Gasteiger charge is -2.06. The molecule has 2 rings (SSSR count). The molecule has 2 aromatic rings. The highest BCUT2D eigenvalue weighted by Crippen LogP contribution is 2.23. The number of amides is 1. The van der Waals surface area contributed by atoms with Crippen LogP contribution in [0, 0.1) is 0 Å². The summed E-state index contributed by atoms with van der Waals surface area (Å²) in [4.78, 5) is 19.9. The molecule has 0 aliphatic heterocycles. The Morgan fingerprint density at radius 1 is 1.28 bits per heavy atom. The average molecular weight is 391 g/mol. The lowest BCUT2D eigenvalue weighted by Crippen LogP contribution is -2.14. The first-order valence-corrected chi connectivity index (χ1v) is 6.77. The topological polar surface area (TPSA) is 54.9 Å². The summed E-state index contributed by atoms with van der Waals surface area (Å²) in [6.45, 7) is 0. The van der Waals surface area contributed by atoms with Crippen LogP contribution in [0.1, 0.15) is 10.5 Å². The number of nitrogens with one attached hydrogen (secondary N) is 1. The highest BCUT2D eigenvalue weighted by molar-refractivity contribution is 9.10. The minimum absolute atomic E-state index is 0.309. The summed E-state index contributed by atoms with van der Waals surface area (Å²) in [7, 11) is 0. The maximum absolute atomic E-state index is 12.0. The molecule has 0 fully saturated rings. The predicted octanol–water partition coefficient (Wildman–Crippen LogP) is 3.91. The second-order valence-electron chi connectivity index (χ2n) is 3.28. The van der Waals surface area contributed by atoms with Gasteiger partial charge in [0, 0.05) is 10.7 Å². The van der Waals surface area contributed by atoms with E-state index in [4.69, 9.17) is 11.6 Å². The Kier molecular flexibility index (Phi) is 4.31. The summed E-state index contributed by atoms with van der Waals surface area (Å²) < 4.78 is 1.24. The standard InChI is InChI=1S/C11H6Br2ClN3O/c12-7-2-1-3-15-9(7)11(18)17-6-4-8(13)10(14)16-5-6/h1-5H,(H,17,18). The average Bonchev–Trinajstić information content (AvgIpc) is 2.34. The van der Waals surface area contributed by atoms with Crippen molar-refractivity contribution in [2.75, 3.05) is 5.32 Å². The lowest BCUT2D eigenvalue weighted by molar-refractivity contribution is 0.102. The summed E-state index contributed by atoms with van der Waals surface area (Å²) in [6, 6.07) is 5.16. The quantitative estimate of drug-likeness (QED) is 0.790. The van der Waals surface area contributed by atoms with E-state index < -0.39 is 0 Å². The fraction of sp³-hybridized carbons (Fsp3) is 0. The zero-order valence-electron chi connectivity index (χ0n) is 8.82. The zero-order chi connectivity index (χ0) is 13.1. The minimum Gasteiger partial charge on any atom is -0.319 e. The van der Waals surface area contributed by atoms with Crippen molar-refractivity contribution in [3.8, 4) is 0 Å². The van der Waals surface area contributed by atoms with E-state index in [9.17, 15) is 4.79 Å². The van der Waals surface area contributed by atoms with Gasteiger partial charge in [-0.1, -0.05) is 11.6 Å². The van der Waals surface area contributed by atoms with E-state index in [-0.39, 0.29) is 5.91 Å². The van der Waals surface area contributed by atoms with Crippen LogP contribution in [0.25, 0.3) is 0 Å². The first-order chi connectivity index (χ1) is 8.58. The van der Waals surface area contributed by atoms with Gasteiger partial charge in [0.05, 0.1) is 16.4 Å². The van der Waals surface area contributed by atoms with Crippen LogP contribution in [-0.4, -0.2) is 15.9 Å². The van der Waals surface area contributed by atoms with Gasteiger partial charge in [0.2, 0.25) is 0 Å². The number of aromatic nitrogens is 2. The number of rotatable bonds is 2. The van der Waals surface area contributed by atoms with Gasteiger partial charge in [0.1, 0.15) is 10.8 Å². The highest BCUT2D eigenvalue weighted by atomic mass is 79.9. The normalized spacial score (nSPS) is 10.2. The molecule has 0 unspecified atom stereocenters. The van der Waals surface area contributed by atoms with Crippen LogP contribution in [0.3, 0.4) is 0 Å². The fourth-order valence-corrected chi connectivity index (χ4v) is 2.12. The first kappa shape index (κ1) is 13.5. The minimum atomic E-state index is -0.321. The molecule has 1 N–H and O–H groups in total.